The van der Waals surface area contributed by atoms with E-state index in [0.717, 1.165) is 42.0 Å². The van der Waals surface area contributed by atoms with Gasteiger partial charge >= 0.3 is 6.09 Å². The number of aromatic nitrogens is 1. The van der Waals surface area contributed by atoms with Crippen molar-refractivity contribution in [3.05, 3.63) is 35.0 Å². The smallest absolute Gasteiger partial charge is 0.410 e. The number of hydrogen-bond acceptors (Lipinski definition) is 6. The highest BCUT2D eigenvalue weighted by Gasteiger charge is 2.39. The van der Waals surface area contributed by atoms with Gasteiger partial charge in [-0.05, 0) is 65.8 Å². The number of carbonyl (C=O) groups excluding carboxylic acids is 3. The fourth-order valence-corrected chi connectivity index (χ4v) is 4.64. The van der Waals surface area contributed by atoms with E-state index < -0.39 is 17.8 Å². The molecule has 1 saturated heterocycles. The van der Waals surface area contributed by atoms with Crippen molar-refractivity contribution in [1.82, 2.24) is 19.7 Å². The number of unbranched alkanes of at least 4 members (excludes halogenated alkanes) is 1. The van der Waals surface area contributed by atoms with Crippen LogP contribution in [0.25, 0.3) is 10.9 Å². The third-order valence-corrected chi connectivity index (χ3v) is 6.54. The number of nitrogens with zero attached hydrogens (tertiary/aromatic N) is 3. The molecule has 4 rings (SSSR count). The van der Waals surface area contributed by atoms with Crippen LogP contribution in [0.4, 0.5) is 4.79 Å². The Morgan fingerprint density at radius 1 is 1.26 bits per heavy atom. The van der Waals surface area contributed by atoms with Gasteiger partial charge in [0.2, 0.25) is 0 Å². The lowest BCUT2D eigenvalue weighted by Gasteiger charge is -2.36. The maximum absolute atomic E-state index is 13.5. The summed E-state index contributed by atoms with van der Waals surface area (Å²) < 4.78 is 13.4. The second-order valence-corrected chi connectivity index (χ2v) is 11.2. The van der Waals surface area contributed by atoms with Gasteiger partial charge in [0.1, 0.15) is 11.9 Å². The van der Waals surface area contributed by atoms with Crippen molar-refractivity contribution >= 4 is 40.8 Å². The van der Waals surface area contributed by atoms with Crippen molar-refractivity contribution in [1.29, 1.82) is 0 Å². The summed E-state index contributed by atoms with van der Waals surface area (Å²) in [7, 11) is 3.75. The van der Waals surface area contributed by atoms with Gasteiger partial charge < -0.3 is 34.0 Å². The standard InChI is InChI=1S/C26H34ClN3O5.C2H7N/c1-26(2,3)35-25(33)29-11-13-34-23(17-29)24(32)30(19-7-8-19)15-18-6-9-20-21(27)16-28(22(20)14-18)10-4-5-12-31;1-3-2/h6,9,12,14,16,19,23H,4-5,7-8,10-11,13,15,17H2,1-3H3;3H,1-2H3. The first-order valence-corrected chi connectivity index (χ1v) is 13.6. The summed E-state index contributed by atoms with van der Waals surface area (Å²) in [4.78, 5) is 40.2. The molecule has 1 aromatic carbocycles. The maximum atomic E-state index is 13.5. The number of rotatable bonds is 8. The zero-order valence-electron chi connectivity index (χ0n) is 23.2. The molecule has 1 aliphatic carbocycles. The van der Waals surface area contributed by atoms with Gasteiger partial charge in [-0.25, -0.2) is 4.79 Å². The fourth-order valence-electron chi connectivity index (χ4n) is 4.37. The van der Waals surface area contributed by atoms with Crippen LogP contribution in [0.1, 0.15) is 52.0 Å². The van der Waals surface area contributed by atoms with Crippen LogP contribution in [0, 0.1) is 0 Å². The summed E-state index contributed by atoms with van der Waals surface area (Å²) in [5.74, 6) is -0.0970. The lowest BCUT2D eigenvalue weighted by Crippen LogP contribution is -2.53. The molecule has 1 atom stereocenters. The summed E-state index contributed by atoms with van der Waals surface area (Å²) in [6, 6.07) is 6.24. The highest BCUT2D eigenvalue weighted by molar-refractivity contribution is 6.35. The first-order valence-electron chi connectivity index (χ1n) is 13.3. The second-order valence-electron chi connectivity index (χ2n) is 10.8. The van der Waals surface area contributed by atoms with Gasteiger partial charge in [-0.1, -0.05) is 23.7 Å². The molecule has 1 unspecified atom stereocenters. The Hall–Kier alpha value is -2.62. The van der Waals surface area contributed by atoms with Gasteiger partial charge in [0, 0.05) is 49.2 Å². The van der Waals surface area contributed by atoms with Crippen LogP contribution in [-0.4, -0.2) is 84.2 Å². The third-order valence-electron chi connectivity index (χ3n) is 6.24. The van der Waals surface area contributed by atoms with E-state index in [1.807, 2.05) is 58.1 Å². The van der Waals surface area contributed by atoms with Crippen LogP contribution in [0.15, 0.2) is 24.4 Å². The molecule has 210 valence electrons. The summed E-state index contributed by atoms with van der Waals surface area (Å²) >= 11 is 6.43. The number of benzene rings is 1. The van der Waals surface area contributed by atoms with E-state index in [2.05, 4.69) is 16.0 Å². The fraction of sp³-hybridized carbons (Fsp3) is 0.607. The van der Waals surface area contributed by atoms with Gasteiger partial charge in [0.05, 0.1) is 18.2 Å². The van der Waals surface area contributed by atoms with E-state index in [1.54, 1.807) is 4.90 Å². The molecule has 9 nitrogen and oxygen atoms in total. The van der Waals surface area contributed by atoms with Crippen molar-refractivity contribution in [3.8, 4) is 0 Å². The Morgan fingerprint density at radius 3 is 2.61 bits per heavy atom. The summed E-state index contributed by atoms with van der Waals surface area (Å²) in [6.45, 7) is 7.53. The number of aldehydes is 1. The van der Waals surface area contributed by atoms with Crippen molar-refractivity contribution in [3.63, 3.8) is 0 Å². The molecule has 1 aliphatic heterocycles. The largest absolute Gasteiger partial charge is 0.444 e. The number of hydrogen-bond donors (Lipinski definition) is 1. The van der Waals surface area contributed by atoms with Gasteiger partial charge in [0.25, 0.3) is 5.91 Å². The molecule has 38 heavy (non-hydrogen) atoms. The van der Waals surface area contributed by atoms with Crippen LogP contribution in [-0.2, 0) is 32.2 Å². The molecular weight excluding hydrogens is 508 g/mol. The molecule has 0 spiro atoms. The number of ether oxygens (including phenoxy) is 2. The van der Waals surface area contributed by atoms with Gasteiger partial charge in [-0.15, -0.1) is 0 Å². The van der Waals surface area contributed by atoms with Crippen molar-refractivity contribution in [2.45, 2.75) is 77.3 Å². The minimum atomic E-state index is -0.706. The van der Waals surface area contributed by atoms with Crippen LogP contribution in [0.5, 0.6) is 0 Å². The van der Waals surface area contributed by atoms with E-state index >= 15 is 0 Å². The summed E-state index contributed by atoms with van der Waals surface area (Å²) in [6.07, 6.45) is 4.86. The number of aryl methyl sites for hydroxylation is 1. The molecule has 1 aromatic heterocycles. The molecule has 2 amide bonds. The van der Waals surface area contributed by atoms with Crippen LogP contribution in [0.2, 0.25) is 5.02 Å². The predicted octanol–water partition coefficient (Wildman–Crippen LogP) is 4.24. The average molecular weight is 549 g/mol. The van der Waals surface area contributed by atoms with Crippen molar-refractivity contribution in [2.24, 2.45) is 0 Å². The monoisotopic (exact) mass is 548 g/mol. The summed E-state index contributed by atoms with van der Waals surface area (Å²) in [5, 5.41) is 4.38. The van der Waals surface area contributed by atoms with Crippen LogP contribution >= 0.6 is 11.6 Å². The highest BCUT2D eigenvalue weighted by Crippen LogP contribution is 2.32. The highest BCUT2D eigenvalue weighted by atomic mass is 35.5. The molecule has 10 heteroatoms. The molecule has 1 N–H and O–H groups in total. The van der Waals surface area contributed by atoms with Gasteiger partial charge in [0.15, 0.2) is 6.10 Å². The lowest BCUT2D eigenvalue weighted by molar-refractivity contribution is -0.150. The number of fused-ring (bicyclic) bond motifs is 1. The predicted molar refractivity (Wildman–Crippen MR) is 148 cm³/mol. The normalized spacial score (nSPS) is 17.5. The minimum Gasteiger partial charge on any atom is -0.444 e. The Balaban J connectivity index is 0.00000127. The Labute approximate surface area is 230 Å². The molecule has 2 aromatic rings. The van der Waals surface area contributed by atoms with E-state index in [1.165, 1.54) is 0 Å². The van der Waals surface area contributed by atoms with Crippen molar-refractivity contribution in [2.75, 3.05) is 33.8 Å². The number of halogens is 1. The third kappa shape index (κ3) is 8.19. The molecule has 1 saturated carbocycles. The molecule has 2 fully saturated rings. The minimum absolute atomic E-state index is 0.0970. The molecule has 0 radical (unpaired) electrons. The summed E-state index contributed by atoms with van der Waals surface area (Å²) in [5.41, 5.74) is 1.40. The Bertz CT molecular complexity index is 1110. The van der Waals surface area contributed by atoms with Gasteiger partial charge in [-0.3, -0.25) is 4.79 Å². The Kier molecular flexibility index (Phi) is 10.6. The Morgan fingerprint density at radius 2 is 1.97 bits per heavy atom. The van der Waals surface area contributed by atoms with Gasteiger partial charge in [-0.2, -0.15) is 0 Å². The first-order chi connectivity index (χ1) is 18.1. The second kappa shape index (κ2) is 13.4. The number of morpholine rings is 1. The van der Waals surface area contributed by atoms with E-state index in [0.29, 0.717) is 37.7 Å². The zero-order chi connectivity index (χ0) is 27.9. The molecule has 0 bridgehead atoms. The number of nitrogens with one attached hydrogen (secondary N) is 1. The average Bonchev–Trinajstić information content (AvgIpc) is 3.66. The van der Waals surface area contributed by atoms with Crippen molar-refractivity contribution < 1.29 is 23.9 Å². The maximum Gasteiger partial charge on any atom is 0.410 e. The SMILES string of the molecule is CC(C)(C)OC(=O)N1CCOC(C(=O)N(Cc2ccc3c(Cl)cn(CCCC=O)c3c2)C2CC2)C1.CNC. The first kappa shape index (κ1) is 29.9. The van der Waals surface area contributed by atoms with E-state index in [9.17, 15) is 14.4 Å². The zero-order valence-corrected chi connectivity index (χ0v) is 23.9. The van der Waals surface area contributed by atoms with E-state index in [4.69, 9.17) is 21.1 Å². The molecule has 2 heterocycles. The van der Waals surface area contributed by atoms with Crippen LogP contribution in [0.3, 0.4) is 0 Å². The number of carbonyl (C=O) groups is 3. The molecular formula is C28H41ClN4O5. The quantitative estimate of drug-likeness (QED) is 0.392. The van der Waals surface area contributed by atoms with E-state index in [-0.39, 0.29) is 18.5 Å². The lowest BCUT2D eigenvalue weighted by atomic mass is 10.1. The molecule has 2 aliphatic rings. The number of amides is 2. The van der Waals surface area contributed by atoms with Crippen LogP contribution < -0.4 is 5.32 Å². The topological polar surface area (TPSA) is 93.1 Å².